The van der Waals surface area contributed by atoms with E-state index in [0.717, 1.165) is 67.6 Å². The molecule has 2 saturated heterocycles. The number of methoxy groups -OCH3 is 1. The molecule has 2 bridgehead atoms. The standard InChI is InChI=1S/C24H27N5O2.ClH/c1-30-19-5-6-21-16(12-19)2-3-17(26-21)15-29-18-4-7-23(29)20-14-25-24(27-22(20)13-18)28-8-10-31-11-9-28;/h2-3,5-6,12,14,18,23H,4,7-11,13,15H2,1H3;1H. The summed E-state index contributed by atoms with van der Waals surface area (Å²) in [5.41, 5.74) is 4.67. The van der Waals surface area contributed by atoms with Gasteiger partial charge in [0, 0.05) is 55.3 Å². The average Bonchev–Trinajstić information content (AvgIpc) is 3.10. The summed E-state index contributed by atoms with van der Waals surface area (Å²) >= 11 is 0. The molecule has 3 aliphatic rings. The Bertz CT molecular complexity index is 1120. The van der Waals surface area contributed by atoms with Gasteiger partial charge in [0.05, 0.1) is 37.2 Å². The summed E-state index contributed by atoms with van der Waals surface area (Å²) in [6.45, 7) is 4.12. The number of hydrogen-bond donors (Lipinski definition) is 0. The molecule has 3 aliphatic heterocycles. The van der Waals surface area contributed by atoms with Crippen LogP contribution in [-0.4, -0.2) is 59.3 Å². The minimum Gasteiger partial charge on any atom is -0.497 e. The molecule has 168 valence electrons. The molecule has 0 spiro atoms. The van der Waals surface area contributed by atoms with E-state index in [1.54, 1.807) is 7.11 Å². The van der Waals surface area contributed by atoms with Gasteiger partial charge in [0.15, 0.2) is 0 Å². The third-order valence-corrected chi connectivity index (χ3v) is 6.91. The van der Waals surface area contributed by atoms with E-state index in [9.17, 15) is 0 Å². The Balaban J connectivity index is 0.00000216. The van der Waals surface area contributed by atoms with Gasteiger partial charge in [-0.2, -0.15) is 0 Å². The van der Waals surface area contributed by atoms with Gasteiger partial charge < -0.3 is 14.4 Å². The van der Waals surface area contributed by atoms with Crippen LogP contribution in [0.3, 0.4) is 0 Å². The predicted molar refractivity (Wildman–Crippen MR) is 126 cm³/mol. The molecule has 2 atom stereocenters. The number of fused-ring (bicyclic) bond motifs is 5. The topological polar surface area (TPSA) is 63.6 Å². The van der Waals surface area contributed by atoms with E-state index in [0.29, 0.717) is 12.1 Å². The van der Waals surface area contributed by atoms with Crippen molar-refractivity contribution in [3.63, 3.8) is 0 Å². The van der Waals surface area contributed by atoms with Crippen LogP contribution in [0.5, 0.6) is 5.75 Å². The van der Waals surface area contributed by atoms with Crippen molar-refractivity contribution in [3.05, 3.63) is 53.5 Å². The lowest BCUT2D eigenvalue weighted by Crippen LogP contribution is -2.40. The lowest BCUT2D eigenvalue weighted by molar-refractivity contribution is 0.122. The van der Waals surface area contributed by atoms with E-state index in [1.807, 2.05) is 18.2 Å². The molecular weight excluding hydrogens is 426 g/mol. The average molecular weight is 454 g/mol. The SMILES string of the molecule is COc1ccc2nc(CN3C4CCC3c3cnc(N5CCOCC5)nc3C4)ccc2c1.Cl. The lowest BCUT2D eigenvalue weighted by Gasteiger charge is -2.36. The zero-order valence-electron chi connectivity index (χ0n) is 18.2. The molecule has 32 heavy (non-hydrogen) atoms. The summed E-state index contributed by atoms with van der Waals surface area (Å²) in [5.74, 6) is 1.73. The Morgan fingerprint density at radius 3 is 2.81 bits per heavy atom. The lowest BCUT2D eigenvalue weighted by atomic mass is 9.99. The molecule has 3 aromatic rings. The van der Waals surface area contributed by atoms with Crippen LogP contribution in [-0.2, 0) is 17.7 Å². The first-order valence-corrected chi connectivity index (χ1v) is 11.2. The quantitative estimate of drug-likeness (QED) is 0.598. The van der Waals surface area contributed by atoms with Crippen LogP contribution in [0.15, 0.2) is 36.5 Å². The molecule has 0 aliphatic carbocycles. The maximum Gasteiger partial charge on any atom is 0.225 e. The van der Waals surface area contributed by atoms with Gasteiger partial charge in [-0.1, -0.05) is 6.07 Å². The van der Waals surface area contributed by atoms with Crippen LogP contribution in [0.2, 0.25) is 0 Å². The van der Waals surface area contributed by atoms with Crippen LogP contribution in [0.25, 0.3) is 10.9 Å². The van der Waals surface area contributed by atoms with Gasteiger partial charge in [0.1, 0.15) is 5.75 Å². The van der Waals surface area contributed by atoms with E-state index in [2.05, 4.69) is 28.1 Å². The number of anilines is 1. The Hall–Kier alpha value is -2.48. The summed E-state index contributed by atoms with van der Waals surface area (Å²) in [4.78, 5) is 19.5. The van der Waals surface area contributed by atoms with Crippen molar-refractivity contribution in [3.8, 4) is 5.75 Å². The summed E-state index contributed by atoms with van der Waals surface area (Å²) in [5, 5.41) is 1.11. The molecule has 0 radical (unpaired) electrons. The second-order valence-electron chi connectivity index (χ2n) is 8.66. The smallest absolute Gasteiger partial charge is 0.225 e. The van der Waals surface area contributed by atoms with Gasteiger partial charge in [-0.05, 0) is 37.1 Å². The fourth-order valence-electron chi connectivity index (χ4n) is 5.27. The van der Waals surface area contributed by atoms with Crippen molar-refractivity contribution >= 4 is 29.3 Å². The third kappa shape index (κ3) is 3.78. The number of pyridine rings is 1. The molecule has 2 aromatic heterocycles. The normalized spacial score (nSPS) is 22.5. The van der Waals surface area contributed by atoms with Crippen molar-refractivity contribution < 1.29 is 9.47 Å². The van der Waals surface area contributed by atoms with E-state index < -0.39 is 0 Å². The number of benzene rings is 1. The van der Waals surface area contributed by atoms with E-state index in [-0.39, 0.29) is 12.4 Å². The van der Waals surface area contributed by atoms with Crippen LogP contribution in [0, 0.1) is 0 Å². The maximum atomic E-state index is 5.47. The molecule has 6 rings (SSSR count). The molecular formula is C24H28ClN5O2. The van der Waals surface area contributed by atoms with Crippen LogP contribution in [0.1, 0.15) is 35.8 Å². The molecule has 0 amide bonds. The molecule has 5 heterocycles. The van der Waals surface area contributed by atoms with Crippen molar-refractivity contribution in [1.29, 1.82) is 0 Å². The maximum absolute atomic E-state index is 5.47. The van der Waals surface area contributed by atoms with E-state index in [1.165, 1.54) is 24.1 Å². The minimum absolute atomic E-state index is 0. The van der Waals surface area contributed by atoms with Crippen molar-refractivity contribution in [2.24, 2.45) is 0 Å². The molecule has 7 nitrogen and oxygen atoms in total. The summed E-state index contributed by atoms with van der Waals surface area (Å²) in [6.07, 6.45) is 5.45. The van der Waals surface area contributed by atoms with Crippen molar-refractivity contribution in [2.75, 3.05) is 38.3 Å². The number of aromatic nitrogens is 3. The highest BCUT2D eigenvalue weighted by Crippen LogP contribution is 2.44. The van der Waals surface area contributed by atoms with Gasteiger partial charge in [-0.25, -0.2) is 9.97 Å². The Morgan fingerprint density at radius 2 is 1.97 bits per heavy atom. The molecule has 0 N–H and O–H groups in total. The monoisotopic (exact) mass is 453 g/mol. The second kappa shape index (κ2) is 8.81. The third-order valence-electron chi connectivity index (χ3n) is 6.91. The number of ether oxygens (including phenoxy) is 2. The van der Waals surface area contributed by atoms with Crippen LogP contribution >= 0.6 is 12.4 Å². The van der Waals surface area contributed by atoms with Crippen LogP contribution < -0.4 is 9.64 Å². The summed E-state index contributed by atoms with van der Waals surface area (Å²) < 4.78 is 10.8. The molecule has 2 fully saturated rings. The van der Waals surface area contributed by atoms with E-state index in [4.69, 9.17) is 24.4 Å². The number of rotatable bonds is 4. The highest BCUT2D eigenvalue weighted by Gasteiger charge is 2.41. The zero-order valence-corrected chi connectivity index (χ0v) is 19.1. The minimum atomic E-state index is 0. The molecule has 1 aromatic carbocycles. The zero-order chi connectivity index (χ0) is 20.8. The molecule has 0 saturated carbocycles. The van der Waals surface area contributed by atoms with Gasteiger partial charge in [-0.15, -0.1) is 12.4 Å². The highest BCUT2D eigenvalue weighted by molar-refractivity contribution is 5.85. The predicted octanol–water partition coefficient (Wildman–Crippen LogP) is 3.55. The Kier molecular flexibility index (Phi) is 5.88. The summed E-state index contributed by atoms with van der Waals surface area (Å²) in [6, 6.07) is 11.3. The summed E-state index contributed by atoms with van der Waals surface area (Å²) in [7, 11) is 1.69. The number of hydrogen-bond acceptors (Lipinski definition) is 7. The fraction of sp³-hybridized carbons (Fsp3) is 0.458. The number of halogens is 1. The highest BCUT2D eigenvalue weighted by atomic mass is 35.5. The van der Waals surface area contributed by atoms with Crippen LogP contribution in [0.4, 0.5) is 5.95 Å². The van der Waals surface area contributed by atoms with Gasteiger partial charge in [0.25, 0.3) is 0 Å². The van der Waals surface area contributed by atoms with Gasteiger partial charge in [0.2, 0.25) is 5.95 Å². The first kappa shape index (κ1) is 21.4. The van der Waals surface area contributed by atoms with Crippen molar-refractivity contribution in [1.82, 2.24) is 19.9 Å². The number of morpholine rings is 1. The van der Waals surface area contributed by atoms with Gasteiger partial charge in [-0.3, -0.25) is 9.88 Å². The van der Waals surface area contributed by atoms with Gasteiger partial charge >= 0.3 is 0 Å². The fourth-order valence-corrected chi connectivity index (χ4v) is 5.27. The first-order chi connectivity index (χ1) is 15.3. The Labute approximate surface area is 194 Å². The van der Waals surface area contributed by atoms with Crippen molar-refractivity contribution in [2.45, 2.75) is 37.9 Å². The first-order valence-electron chi connectivity index (χ1n) is 11.2. The Morgan fingerprint density at radius 1 is 1.09 bits per heavy atom. The number of nitrogens with zero attached hydrogens (tertiary/aromatic N) is 5. The second-order valence-corrected chi connectivity index (χ2v) is 8.66. The molecule has 2 unspecified atom stereocenters. The molecule has 8 heteroatoms. The largest absolute Gasteiger partial charge is 0.497 e. The van der Waals surface area contributed by atoms with E-state index >= 15 is 0 Å².